The Bertz CT molecular complexity index is 349. The molecule has 1 nitrogen and oxygen atoms in total. The molecule has 1 N–H and O–H groups in total. The predicted molar refractivity (Wildman–Crippen MR) is 72.9 cm³/mol. The molecule has 1 aromatic carbocycles. The first-order chi connectivity index (χ1) is 8.06. The summed E-state index contributed by atoms with van der Waals surface area (Å²) in [5, 5.41) is 3.42. The van der Waals surface area contributed by atoms with Gasteiger partial charge in [0.05, 0.1) is 0 Å². The molecule has 2 heteroatoms. The van der Waals surface area contributed by atoms with Crippen molar-refractivity contribution in [3.8, 4) is 0 Å². The summed E-state index contributed by atoms with van der Waals surface area (Å²) in [4.78, 5) is 0. The van der Waals surface area contributed by atoms with Gasteiger partial charge in [-0.15, -0.1) is 0 Å². The molecule has 0 spiro atoms. The zero-order chi connectivity index (χ0) is 12.8. The fourth-order valence-electron chi connectivity index (χ4n) is 1.90. The summed E-state index contributed by atoms with van der Waals surface area (Å²) in [6.45, 7) is 8.43. The molecule has 0 aromatic heterocycles. The topological polar surface area (TPSA) is 12.0 Å². The molecule has 2 atom stereocenters. The van der Waals surface area contributed by atoms with E-state index in [1.54, 1.807) is 13.0 Å². The molecule has 96 valence electrons. The highest BCUT2D eigenvalue weighted by Crippen LogP contribution is 2.19. The average molecular weight is 237 g/mol. The van der Waals surface area contributed by atoms with Crippen molar-refractivity contribution in [2.24, 2.45) is 5.92 Å². The first-order valence-corrected chi connectivity index (χ1v) is 6.59. The number of rotatable bonds is 6. The minimum absolute atomic E-state index is 0.131. The molecule has 1 rings (SSSR count). The lowest BCUT2D eigenvalue weighted by Gasteiger charge is -2.21. The third kappa shape index (κ3) is 4.37. The van der Waals surface area contributed by atoms with E-state index in [1.165, 1.54) is 6.42 Å². The van der Waals surface area contributed by atoms with Crippen LogP contribution in [0.2, 0.25) is 0 Å². The molecule has 0 amide bonds. The Balaban J connectivity index is 2.63. The number of anilines is 1. The lowest BCUT2D eigenvalue weighted by atomic mass is 9.97. The predicted octanol–water partition coefficient (Wildman–Crippen LogP) is 4.76. The summed E-state index contributed by atoms with van der Waals surface area (Å²) < 4.78 is 13.4. The van der Waals surface area contributed by atoms with Crippen molar-refractivity contribution in [2.75, 3.05) is 5.32 Å². The Morgan fingerprint density at radius 2 is 1.94 bits per heavy atom. The lowest BCUT2D eigenvalue weighted by Crippen LogP contribution is -2.21. The first kappa shape index (κ1) is 14.0. The molecule has 0 aliphatic rings. The van der Waals surface area contributed by atoms with Crippen molar-refractivity contribution in [2.45, 2.75) is 53.0 Å². The summed E-state index contributed by atoms with van der Waals surface area (Å²) in [6.07, 6.45) is 3.41. The van der Waals surface area contributed by atoms with Crippen LogP contribution in [-0.2, 0) is 0 Å². The Hall–Kier alpha value is -1.05. The van der Waals surface area contributed by atoms with E-state index in [0.717, 1.165) is 18.5 Å². The summed E-state index contributed by atoms with van der Waals surface area (Å²) in [6, 6.07) is 5.81. The van der Waals surface area contributed by atoms with E-state index in [2.05, 4.69) is 26.1 Å². The van der Waals surface area contributed by atoms with E-state index >= 15 is 0 Å². The molecule has 0 radical (unpaired) electrons. The van der Waals surface area contributed by atoms with Gasteiger partial charge in [-0.3, -0.25) is 0 Å². The third-order valence-corrected chi connectivity index (χ3v) is 3.42. The second-order valence-electron chi connectivity index (χ2n) is 4.96. The monoisotopic (exact) mass is 237 g/mol. The highest BCUT2D eigenvalue weighted by Gasteiger charge is 2.10. The van der Waals surface area contributed by atoms with Crippen LogP contribution in [0.3, 0.4) is 0 Å². The zero-order valence-electron chi connectivity index (χ0n) is 11.4. The van der Waals surface area contributed by atoms with E-state index in [-0.39, 0.29) is 5.82 Å². The minimum Gasteiger partial charge on any atom is -0.382 e. The fourth-order valence-corrected chi connectivity index (χ4v) is 1.90. The van der Waals surface area contributed by atoms with Crippen molar-refractivity contribution in [3.63, 3.8) is 0 Å². The summed E-state index contributed by atoms with van der Waals surface area (Å²) in [7, 11) is 0. The second kappa shape index (κ2) is 6.63. The van der Waals surface area contributed by atoms with Crippen LogP contribution >= 0.6 is 0 Å². The highest BCUT2D eigenvalue weighted by atomic mass is 19.1. The number of benzene rings is 1. The molecule has 1 aromatic rings. The summed E-state index contributed by atoms with van der Waals surface area (Å²) in [5.74, 6) is 0.580. The first-order valence-electron chi connectivity index (χ1n) is 6.59. The van der Waals surface area contributed by atoms with Gasteiger partial charge in [-0.25, -0.2) is 4.39 Å². The number of aryl methyl sites for hydroxylation is 1. The minimum atomic E-state index is -0.131. The number of nitrogens with one attached hydrogen (secondary N) is 1. The van der Waals surface area contributed by atoms with E-state index < -0.39 is 0 Å². The molecular formula is C15H24FN. The zero-order valence-corrected chi connectivity index (χ0v) is 11.4. The van der Waals surface area contributed by atoms with E-state index in [9.17, 15) is 4.39 Å². The van der Waals surface area contributed by atoms with Gasteiger partial charge >= 0.3 is 0 Å². The van der Waals surface area contributed by atoms with Gasteiger partial charge in [-0.05, 0) is 43.4 Å². The van der Waals surface area contributed by atoms with Gasteiger partial charge in [-0.1, -0.05) is 33.3 Å². The lowest BCUT2D eigenvalue weighted by molar-refractivity contribution is 0.461. The highest BCUT2D eigenvalue weighted by molar-refractivity contribution is 5.45. The van der Waals surface area contributed by atoms with Gasteiger partial charge in [0.2, 0.25) is 0 Å². The van der Waals surface area contributed by atoms with Crippen LogP contribution in [0, 0.1) is 18.7 Å². The standard InChI is InChI=1S/C15H24FN/c1-5-11(3)9-13(6-2)17-14-8-7-12(4)15(16)10-14/h7-8,10-11,13,17H,5-6,9H2,1-4H3. The second-order valence-corrected chi connectivity index (χ2v) is 4.96. The number of hydrogen-bond donors (Lipinski definition) is 1. The molecule has 17 heavy (non-hydrogen) atoms. The molecule has 2 unspecified atom stereocenters. The maximum Gasteiger partial charge on any atom is 0.128 e. The molecule has 0 bridgehead atoms. The van der Waals surface area contributed by atoms with Gasteiger partial charge in [0.15, 0.2) is 0 Å². The van der Waals surface area contributed by atoms with Crippen LogP contribution < -0.4 is 5.32 Å². The molecule has 0 aliphatic heterocycles. The summed E-state index contributed by atoms with van der Waals surface area (Å²) in [5.41, 5.74) is 1.59. The van der Waals surface area contributed by atoms with Crippen molar-refractivity contribution >= 4 is 5.69 Å². The Labute approximate surface area is 104 Å². The molecule has 0 heterocycles. The molecule has 0 fully saturated rings. The van der Waals surface area contributed by atoms with Crippen LogP contribution in [0.1, 0.15) is 45.6 Å². The van der Waals surface area contributed by atoms with E-state index in [0.29, 0.717) is 17.5 Å². The average Bonchev–Trinajstić information content (AvgIpc) is 2.32. The molecule has 0 saturated heterocycles. The van der Waals surface area contributed by atoms with Crippen molar-refractivity contribution in [1.29, 1.82) is 0 Å². The maximum atomic E-state index is 13.4. The molecular weight excluding hydrogens is 213 g/mol. The quantitative estimate of drug-likeness (QED) is 0.752. The Kier molecular flexibility index (Phi) is 5.46. The van der Waals surface area contributed by atoms with Crippen LogP contribution in [-0.4, -0.2) is 6.04 Å². The van der Waals surface area contributed by atoms with Crippen LogP contribution in [0.4, 0.5) is 10.1 Å². The van der Waals surface area contributed by atoms with Gasteiger partial charge in [0.25, 0.3) is 0 Å². The van der Waals surface area contributed by atoms with Crippen molar-refractivity contribution in [3.05, 3.63) is 29.6 Å². The van der Waals surface area contributed by atoms with E-state index in [1.807, 2.05) is 12.1 Å². The van der Waals surface area contributed by atoms with Gasteiger partial charge < -0.3 is 5.32 Å². The number of hydrogen-bond acceptors (Lipinski definition) is 1. The van der Waals surface area contributed by atoms with E-state index in [4.69, 9.17) is 0 Å². The smallest absolute Gasteiger partial charge is 0.128 e. The summed E-state index contributed by atoms with van der Waals surface area (Å²) >= 11 is 0. The van der Waals surface area contributed by atoms with Gasteiger partial charge in [0.1, 0.15) is 5.82 Å². The fraction of sp³-hybridized carbons (Fsp3) is 0.600. The Morgan fingerprint density at radius 3 is 2.47 bits per heavy atom. The van der Waals surface area contributed by atoms with Crippen molar-refractivity contribution in [1.82, 2.24) is 0 Å². The maximum absolute atomic E-state index is 13.4. The number of halogens is 1. The molecule has 0 aliphatic carbocycles. The largest absolute Gasteiger partial charge is 0.382 e. The van der Waals surface area contributed by atoms with Gasteiger partial charge in [0, 0.05) is 11.7 Å². The SMILES string of the molecule is CCC(C)CC(CC)Nc1ccc(C)c(F)c1. The molecule has 0 saturated carbocycles. The van der Waals surface area contributed by atoms with Crippen LogP contribution in [0.15, 0.2) is 18.2 Å². The van der Waals surface area contributed by atoms with Crippen LogP contribution in [0.25, 0.3) is 0 Å². The van der Waals surface area contributed by atoms with Crippen molar-refractivity contribution < 1.29 is 4.39 Å². The third-order valence-electron chi connectivity index (χ3n) is 3.42. The Morgan fingerprint density at radius 1 is 1.24 bits per heavy atom. The normalized spacial score (nSPS) is 14.4. The van der Waals surface area contributed by atoms with Crippen LogP contribution in [0.5, 0.6) is 0 Å². The van der Waals surface area contributed by atoms with Gasteiger partial charge in [-0.2, -0.15) is 0 Å².